The molecule has 1 aromatic rings. The Kier molecular flexibility index (Phi) is 3.48. The molecule has 1 heterocycles. The summed E-state index contributed by atoms with van der Waals surface area (Å²) in [5, 5.41) is 0. The zero-order valence-electron chi connectivity index (χ0n) is 10.7. The Balaban J connectivity index is 1.74. The predicted octanol–water partition coefficient (Wildman–Crippen LogP) is 3.27. The number of hydrogen-bond donors (Lipinski definition) is 0. The second kappa shape index (κ2) is 4.99. The average Bonchev–Trinajstić information content (AvgIpc) is 2.86. The van der Waals surface area contributed by atoms with E-state index in [2.05, 4.69) is 0 Å². The number of amides is 1. The average molecular weight is 298 g/mol. The van der Waals surface area contributed by atoms with Crippen molar-refractivity contribution in [2.45, 2.75) is 24.3 Å². The third kappa shape index (κ3) is 2.25. The maximum atomic E-state index is 12.5. The molecule has 3 atom stereocenters. The summed E-state index contributed by atoms with van der Waals surface area (Å²) in [6.07, 6.45) is 1.71. The van der Waals surface area contributed by atoms with Gasteiger partial charge in [-0.05, 0) is 24.3 Å². The van der Waals surface area contributed by atoms with E-state index >= 15 is 0 Å². The van der Waals surface area contributed by atoms with Crippen LogP contribution < -0.4 is 0 Å². The summed E-state index contributed by atoms with van der Waals surface area (Å²) in [5.74, 6) is 1.36. The highest BCUT2D eigenvalue weighted by Gasteiger charge is 2.57. The van der Waals surface area contributed by atoms with Gasteiger partial charge in [0.05, 0.1) is 0 Å². The summed E-state index contributed by atoms with van der Waals surface area (Å²) in [6.45, 7) is 1.43. The van der Waals surface area contributed by atoms with E-state index in [1.165, 1.54) is 0 Å². The highest BCUT2D eigenvalue weighted by Crippen LogP contribution is 2.50. The van der Waals surface area contributed by atoms with Crippen LogP contribution in [0, 0.1) is 11.8 Å². The molecule has 0 unspecified atom stereocenters. The minimum Gasteiger partial charge on any atom is -0.336 e. The Morgan fingerprint density at radius 2 is 2.05 bits per heavy atom. The second-order valence-corrected chi connectivity index (χ2v) is 6.67. The summed E-state index contributed by atoms with van der Waals surface area (Å²) in [4.78, 5) is 13.7. The monoisotopic (exact) mass is 297 g/mol. The van der Waals surface area contributed by atoms with Crippen molar-refractivity contribution in [3.05, 3.63) is 35.9 Å². The lowest BCUT2D eigenvalue weighted by atomic mass is 9.99. The highest BCUT2D eigenvalue weighted by molar-refractivity contribution is 6.36. The van der Waals surface area contributed by atoms with Crippen molar-refractivity contribution in [3.63, 3.8) is 0 Å². The van der Waals surface area contributed by atoms with Gasteiger partial charge in [-0.25, -0.2) is 0 Å². The Morgan fingerprint density at radius 1 is 1.32 bits per heavy atom. The minimum atomic E-state index is -0.686. The van der Waals surface area contributed by atoms with Crippen LogP contribution in [-0.2, 0) is 11.3 Å². The van der Waals surface area contributed by atoms with Crippen LogP contribution in [0.25, 0.3) is 0 Å². The molecule has 1 aliphatic carbocycles. The van der Waals surface area contributed by atoms with Crippen molar-refractivity contribution < 1.29 is 4.79 Å². The molecule has 102 valence electrons. The molecule has 1 saturated heterocycles. The molecule has 4 heteroatoms. The normalized spacial score (nSPS) is 33.8. The molecular formula is C15H17Cl2NO. The van der Waals surface area contributed by atoms with E-state index < -0.39 is 4.87 Å². The first-order valence-electron chi connectivity index (χ1n) is 6.71. The Labute approximate surface area is 123 Å². The molecule has 1 amide bonds. The van der Waals surface area contributed by atoms with Gasteiger partial charge in [0.15, 0.2) is 0 Å². The maximum absolute atomic E-state index is 12.5. The number of alkyl halides is 2. The third-order valence-electron chi connectivity index (χ3n) is 4.37. The summed E-state index contributed by atoms with van der Waals surface area (Å²) in [5.41, 5.74) is 1.16. The number of likely N-dealkylation sites (tertiary alicyclic amines) is 1. The van der Waals surface area contributed by atoms with Gasteiger partial charge in [-0.1, -0.05) is 30.3 Å². The first-order chi connectivity index (χ1) is 9.13. The summed E-state index contributed by atoms with van der Waals surface area (Å²) < 4.78 is 0. The fourth-order valence-electron chi connectivity index (χ4n) is 3.41. The molecule has 1 saturated carbocycles. The van der Waals surface area contributed by atoms with Crippen molar-refractivity contribution in [1.82, 2.24) is 4.90 Å². The number of nitrogens with zero attached hydrogens (tertiary/aromatic N) is 1. The zero-order valence-corrected chi connectivity index (χ0v) is 12.2. The van der Waals surface area contributed by atoms with Crippen LogP contribution in [0.4, 0.5) is 0 Å². The van der Waals surface area contributed by atoms with Crippen LogP contribution in [0.1, 0.15) is 18.4 Å². The molecule has 0 radical (unpaired) electrons. The fourth-order valence-corrected chi connectivity index (χ4v) is 4.14. The van der Waals surface area contributed by atoms with E-state index in [0.29, 0.717) is 18.3 Å². The number of fused-ring (bicyclic) bond motifs is 1. The van der Waals surface area contributed by atoms with Crippen molar-refractivity contribution in [3.8, 4) is 0 Å². The highest BCUT2D eigenvalue weighted by atomic mass is 35.5. The van der Waals surface area contributed by atoms with Gasteiger partial charge < -0.3 is 4.90 Å². The number of carbonyl (C=O) groups excluding carboxylic acids is 1. The fraction of sp³-hybridized carbons (Fsp3) is 0.533. The van der Waals surface area contributed by atoms with Gasteiger partial charge in [0.2, 0.25) is 5.91 Å². The lowest BCUT2D eigenvalue weighted by Gasteiger charge is -2.21. The van der Waals surface area contributed by atoms with Crippen LogP contribution in [0.3, 0.4) is 0 Å². The number of hydrogen-bond acceptors (Lipinski definition) is 1. The van der Waals surface area contributed by atoms with E-state index in [-0.39, 0.29) is 11.8 Å². The van der Waals surface area contributed by atoms with Crippen molar-refractivity contribution in [2.24, 2.45) is 11.8 Å². The molecule has 0 spiro atoms. The predicted molar refractivity (Wildman–Crippen MR) is 77.4 cm³/mol. The number of carbonyl (C=O) groups is 1. The maximum Gasteiger partial charge on any atom is 0.244 e. The molecule has 1 aliphatic heterocycles. The molecule has 0 bridgehead atoms. The van der Waals surface area contributed by atoms with Gasteiger partial charge in [-0.15, -0.1) is 23.2 Å². The summed E-state index contributed by atoms with van der Waals surface area (Å²) in [7, 11) is 0. The molecule has 0 N–H and O–H groups in total. The van der Waals surface area contributed by atoms with Crippen LogP contribution in [0.2, 0.25) is 0 Å². The quantitative estimate of drug-likeness (QED) is 0.784. The number of rotatable bonds is 3. The largest absolute Gasteiger partial charge is 0.336 e. The zero-order chi connectivity index (χ0) is 13.5. The number of halogens is 2. The van der Waals surface area contributed by atoms with Gasteiger partial charge in [0.1, 0.15) is 4.87 Å². The van der Waals surface area contributed by atoms with Gasteiger partial charge in [0, 0.05) is 24.9 Å². The van der Waals surface area contributed by atoms with E-state index in [0.717, 1.165) is 24.9 Å². The molecule has 2 aliphatic rings. The molecule has 0 aromatic heterocycles. The lowest BCUT2D eigenvalue weighted by Crippen LogP contribution is -2.36. The summed E-state index contributed by atoms with van der Waals surface area (Å²) >= 11 is 12.5. The molecule has 2 nitrogen and oxygen atoms in total. The minimum absolute atomic E-state index is 0.0932. The Hall–Kier alpha value is -0.730. The van der Waals surface area contributed by atoms with E-state index in [4.69, 9.17) is 23.2 Å². The molecule has 3 rings (SSSR count). The van der Waals surface area contributed by atoms with Gasteiger partial charge in [-0.2, -0.15) is 0 Å². The lowest BCUT2D eigenvalue weighted by molar-refractivity contribution is -0.130. The Bertz CT molecular complexity index is 478. The van der Waals surface area contributed by atoms with Crippen molar-refractivity contribution in [1.29, 1.82) is 0 Å². The summed E-state index contributed by atoms with van der Waals surface area (Å²) in [6, 6.07) is 10.1. The SMILES string of the molecule is O=C1N(Cc2ccccc2)C[C@@H]2C[C@H](CCl)C[C@@]12Cl. The van der Waals surface area contributed by atoms with Crippen LogP contribution in [0.5, 0.6) is 0 Å². The van der Waals surface area contributed by atoms with Crippen LogP contribution in [-0.4, -0.2) is 28.1 Å². The smallest absolute Gasteiger partial charge is 0.244 e. The molecule has 19 heavy (non-hydrogen) atoms. The third-order valence-corrected chi connectivity index (χ3v) is 5.43. The van der Waals surface area contributed by atoms with Crippen LogP contribution in [0.15, 0.2) is 30.3 Å². The van der Waals surface area contributed by atoms with Gasteiger partial charge in [-0.3, -0.25) is 4.79 Å². The molecular weight excluding hydrogens is 281 g/mol. The van der Waals surface area contributed by atoms with E-state index in [1.54, 1.807) is 0 Å². The Morgan fingerprint density at radius 3 is 2.68 bits per heavy atom. The first-order valence-corrected chi connectivity index (χ1v) is 7.63. The van der Waals surface area contributed by atoms with Crippen LogP contribution >= 0.6 is 23.2 Å². The van der Waals surface area contributed by atoms with E-state index in [1.807, 2.05) is 35.2 Å². The second-order valence-electron chi connectivity index (χ2n) is 5.69. The molecule has 1 aromatic carbocycles. The van der Waals surface area contributed by atoms with E-state index in [9.17, 15) is 4.79 Å². The first kappa shape index (κ1) is 13.3. The number of benzene rings is 1. The van der Waals surface area contributed by atoms with Crippen molar-refractivity contribution in [2.75, 3.05) is 12.4 Å². The van der Waals surface area contributed by atoms with Gasteiger partial charge in [0.25, 0.3) is 0 Å². The van der Waals surface area contributed by atoms with Crippen molar-refractivity contribution >= 4 is 29.1 Å². The van der Waals surface area contributed by atoms with Gasteiger partial charge >= 0.3 is 0 Å². The molecule has 2 fully saturated rings. The standard InChI is InChI=1S/C15H17Cl2NO/c16-8-12-6-13-10-18(14(19)15(13,17)7-12)9-11-4-2-1-3-5-11/h1-5,12-13H,6-10H2/t12-,13-,15-/m0/s1. The topological polar surface area (TPSA) is 20.3 Å².